The van der Waals surface area contributed by atoms with E-state index < -0.39 is 4.92 Å². The maximum Gasteiger partial charge on any atom is 0.270 e. The number of hydrogen-bond donors (Lipinski definition) is 0. The van der Waals surface area contributed by atoms with Crippen LogP contribution in [-0.2, 0) is 11.2 Å². The molecule has 1 heterocycles. The second-order valence-corrected chi connectivity index (χ2v) is 7.28. The zero-order chi connectivity index (χ0) is 21.5. The Morgan fingerprint density at radius 2 is 2.00 bits per heavy atom. The fraction of sp³-hybridized carbons (Fsp3) is 0.250. The number of halogens is 1. The number of ether oxygens (including phenoxy) is 1. The third-order valence-electron chi connectivity index (χ3n) is 4.32. The highest BCUT2D eigenvalue weighted by molar-refractivity contribution is 9.10. The molecule has 0 aliphatic rings. The van der Waals surface area contributed by atoms with Crippen LogP contribution < -0.4 is 0 Å². The highest BCUT2D eigenvalue weighted by atomic mass is 79.9. The molecular weight excluding hydrogens is 456 g/mol. The SMILES string of the molecule is COCCN(CCc1nc(-c2ccc(Br)cc2)no1)C(=O)c1cccc([N+](=O)[O-])c1. The summed E-state index contributed by atoms with van der Waals surface area (Å²) < 4.78 is 11.3. The molecule has 0 atom stereocenters. The van der Waals surface area contributed by atoms with Crippen molar-refractivity contribution in [3.05, 3.63) is 74.6 Å². The van der Waals surface area contributed by atoms with Crippen LogP contribution in [0.15, 0.2) is 57.5 Å². The first-order valence-corrected chi connectivity index (χ1v) is 9.88. The summed E-state index contributed by atoms with van der Waals surface area (Å²) in [5.74, 6) is 0.525. The predicted octanol–water partition coefficient (Wildman–Crippen LogP) is 3.74. The molecule has 1 amide bonds. The van der Waals surface area contributed by atoms with E-state index in [1.54, 1.807) is 18.1 Å². The van der Waals surface area contributed by atoms with Crippen LogP contribution in [0.1, 0.15) is 16.2 Å². The zero-order valence-corrected chi connectivity index (χ0v) is 17.7. The van der Waals surface area contributed by atoms with Gasteiger partial charge in [-0.3, -0.25) is 14.9 Å². The Morgan fingerprint density at radius 1 is 1.23 bits per heavy atom. The van der Waals surface area contributed by atoms with Gasteiger partial charge in [-0.1, -0.05) is 27.2 Å². The highest BCUT2D eigenvalue weighted by Crippen LogP contribution is 2.19. The van der Waals surface area contributed by atoms with Crippen molar-refractivity contribution < 1.29 is 19.0 Å². The molecule has 0 spiro atoms. The maximum atomic E-state index is 12.9. The molecule has 9 nitrogen and oxygen atoms in total. The minimum absolute atomic E-state index is 0.136. The molecule has 2 aromatic carbocycles. The van der Waals surface area contributed by atoms with E-state index in [2.05, 4.69) is 26.1 Å². The van der Waals surface area contributed by atoms with Crippen molar-refractivity contribution in [2.75, 3.05) is 26.8 Å². The summed E-state index contributed by atoms with van der Waals surface area (Å²) in [5, 5.41) is 15.0. The van der Waals surface area contributed by atoms with Crippen LogP contribution in [0.25, 0.3) is 11.4 Å². The van der Waals surface area contributed by atoms with Crippen LogP contribution in [0.5, 0.6) is 0 Å². The topological polar surface area (TPSA) is 112 Å². The number of benzene rings is 2. The van der Waals surface area contributed by atoms with Gasteiger partial charge in [-0.05, 0) is 30.3 Å². The average molecular weight is 475 g/mol. The Morgan fingerprint density at radius 3 is 2.70 bits per heavy atom. The molecule has 0 fully saturated rings. The quantitative estimate of drug-likeness (QED) is 0.342. The molecule has 0 saturated carbocycles. The predicted molar refractivity (Wildman–Crippen MR) is 112 cm³/mol. The van der Waals surface area contributed by atoms with Gasteiger partial charge in [0, 0.05) is 54.4 Å². The molecule has 3 aromatic rings. The second kappa shape index (κ2) is 10.1. The number of carbonyl (C=O) groups excluding carboxylic acids is 1. The summed E-state index contributed by atoms with van der Waals surface area (Å²) in [6.45, 7) is 0.952. The minimum Gasteiger partial charge on any atom is -0.383 e. The van der Waals surface area contributed by atoms with E-state index in [1.807, 2.05) is 24.3 Å². The minimum atomic E-state index is -0.529. The van der Waals surface area contributed by atoms with E-state index in [-0.39, 0.29) is 17.2 Å². The summed E-state index contributed by atoms with van der Waals surface area (Å²) in [7, 11) is 1.54. The second-order valence-electron chi connectivity index (χ2n) is 6.36. The number of non-ortho nitro benzene ring substituents is 1. The van der Waals surface area contributed by atoms with Crippen molar-refractivity contribution in [3.8, 4) is 11.4 Å². The fourth-order valence-corrected chi connectivity index (χ4v) is 3.02. The Bertz CT molecular complexity index is 1020. The molecule has 0 unspecified atom stereocenters. The first kappa shape index (κ1) is 21.6. The van der Waals surface area contributed by atoms with Crippen LogP contribution in [0, 0.1) is 10.1 Å². The van der Waals surface area contributed by atoms with Gasteiger partial charge in [-0.15, -0.1) is 0 Å². The third-order valence-corrected chi connectivity index (χ3v) is 4.85. The number of nitro groups is 1. The number of nitrogens with zero attached hydrogens (tertiary/aromatic N) is 4. The van der Waals surface area contributed by atoms with Crippen molar-refractivity contribution in [1.29, 1.82) is 0 Å². The normalized spacial score (nSPS) is 10.7. The lowest BCUT2D eigenvalue weighted by atomic mass is 10.1. The number of rotatable bonds is 9. The lowest BCUT2D eigenvalue weighted by molar-refractivity contribution is -0.384. The largest absolute Gasteiger partial charge is 0.383 e. The zero-order valence-electron chi connectivity index (χ0n) is 16.2. The number of amides is 1. The van der Waals surface area contributed by atoms with Crippen molar-refractivity contribution in [2.45, 2.75) is 6.42 Å². The Hall–Kier alpha value is -3.11. The van der Waals surface area contributed by atoms with Crippen LogP contribution in [0.2, 0.25) is 0 Å². The smallest absolute Gasteiger partial charge is 0.270 e. The highest BCUT2D eigenvalue weighted by Gasteiger charge is 2.19. The Kier molecular flexibility index (Phi) is 7.26. The Labute approximate surface area is 180 Å². The molecule has 0 aliphatic heterocycles. The molecule has 1 aromatic heterocycles. The number of carbonyl (C=O) groups is 1. The van der Waals surface area contributed by atoms with Gasteiger partial charge in [0.2, 0.25) is 11.7 Å². The van der Waals surface area contributed by atoms with Crippen LogP contribution in [0.4, 0.5) is 5.69 Å². The molecule has 156 valence electrons. The standard InChI is InChI=1S/C20H19BrN4O5/c1-29-12-11-24(20(26)15-3-2-4-17(13-15)25(27)28)10-9-18-22-19(23-30-18)14-5-7-16(21)8-6-14/h2-8,13H,9-12H2,1H3. The Balaban J connectivity index is 1.71. The summed E-state index contributed by atoms with van der Waals surface area (Å²) in [4.78, 5) is 29.3. The molecule has 0 bridgehead atoms. The number of methoxy groups -OCH3 is 1. The van der Waals surface area contributed by atoms with Gasteiger partial charge in [0.25, 0.3) is 11.6 Å². The molecule has 0 radical (unpaired) electrons. The van der Waals surface area contributed by atoms with E-state index in [0.717, 1.165) is 10.0 Å². The van der Waals surface area contributed by atoms with Gasteiger partial charge in [0.15, 0.2) is 0 Å². The van der Waals surface area contributed by atoms with Gasteiger partial charge < -0.3 is 14.2 Å². The van der Waals surface area contributed by atoms with Crippen molar-refractivity contribution in [2.24, 2.45) is 0 Å². The lowest BCUT2D eigenvalue weighted by Crippen LogP contribution is -2.35. The number of nitro benzene ring substituents is 1. The van der Waals surface area contributed by atoms with Gasteiger partial charge in [0.05, 0.1) is 11.5 Å². The molecule has 0 saturated heterocycles. The van der Waals surface area contributed by atoms with Gasteiger partial charge >= 0.3 is 0 Å². The first-order chi connectivity index (χ1) is 14.5. The van der Waals surface area contributed by atoms with Crippen molar-refractivity contribution in [3.63, 3.8) is 0 Å². The first-order valence-electron chi connectivity index (χ1n) is 9.09. The molecule has 0 aliphatic carbocycles. The van der Waals surface area contributed by atoms with Gasteiger partial charge in [-0.25, -0.2) is 0 Å². The summed E-state index contributed by atoms with van der Waals surface area (Å²) in [5.41, 5.74) is 0.919. The van der Waals surface area contributed by atoms with E-state index in [9.17, 15) is 14.9 Å². The van der Waals surface area contributed by atoms with E-state index in [0.29, 0.717) is 37.8 Å². The molecule has 10 heteroatoms. The van der Waals surface area contributed by atoms with Gasteiger partial charge in [0.1, 0.15) is 0 Å². The van der Waals surface area contributed by atoms with E-state index >= 15 is 0 Å². The monoisotopic (exact) mass is 474 g/mol. The summed E-state index contributed by atoms with van der Waals surface area (Å²) in [6.07, 6.45) is 0.341. The lowest BCUT2D eigenvalue weighted by Gasteiger charge is -2.21. The van der Waals surface area contributed by atoms with E-state index in [1.165, 1.54) is 18.2 Å². The summed E-state index contributed by atoms with van der Waals surface area (Å²) in [6, 6.07) is 13.2. The van der Waals surface area contributed by atoms with Crippen molar-refractivity contribution >= 4 is 27.5 Å². The van der Waals surface area contributed by atoms with Gasteiger partial charge in [-0.2, -0.15) is 4.98 Å². The van der Waals surface area contributed by atoms with Crippen LogP contribution in [0.3, 0.4) is 0 Å². The average Bonchev–Trinajstić information content (AvgIpc) is 3.23. The van der Waals surface area contributed by atoms with Crippen LogP contribution >= 0.6 is 15.9 Å². The summed E-state index contributed by atoms with van der Waals surface area (Å²) >= 11 is 3.38. The third kappa shape index (κ3) is 5.49. The molecule has 0 N–H and O–H groups in total. The number of aromatic nitrogens is 2. The molecule has 30 heavy (non-hydrogen) atoms. The van der Waals surface area contributed by atoms with E-state index in [4.69, 9.17) is 9.26 Å². The van der Waals surface area contributed by atoms with Crippen LogP contribution in [-0.4, -0.2) is 52.7 Å². The van der Waals surface area contributed by atoms with Crippen molar-refractivity contribution in [1.82, 2.24) is 15.0 Å². The number of hydrogen-bond acceptors (Lipinski definition) is 7. The maximum absolute atomic E-state index is 12.9. The molecular formula is C20H19BrN4O5. The fourth-order valence-electron chi connectivity index (χ4n) is 2.75. The molecule has 3 rings (SSSR count).